The number of Topliss-reactive ketones (excluding diaryl/α,β-unsaturated/α-hetero) is 1. The number of rotatable bonds is 5. The van der Waals surface area contributed by atoms with Crippen LogP contribution in [0.2, 0.25) is 0 Å². The molecule has 1 aliphatic rings. The predicted octanol–water partition coefficient (Wildman–Crippen LogP) is 2.20. The summed E-state index contributed by atoms with van der Waals surface area (Å²) in [5.74, 6) is 0.173. The summed E-state index contributed by atoms with van der Waals surface area (Å²) in [7, 11) is 2.71. The number of carbonyl (C=O) groups excluding carboxylic acids is 1. The molecule has 1 saturated carbocycles. The molecule has 1 fully saturated rings. The van der Waals surface area contributed by atoms with Gasteiger partial charge in [0.15, 0.2) is 11.5 Å². The maximum atomic E-state index is 11.9. The van der Waals surface area contributed by atoms with Gasteiger partial charge in [-0.05, 0) is 18.9 Å². The third kappa shape index (κ3) is 2.13. The summed E-state index contributed by atoms with van der Waals surface area (Å²) >= 11 is 0. The summed E-state index contributed by atoms with van der Waals surface area (Å²) in [5.41, 5.74) is 0.0581. The predicted molar refractivity (Wildman–Crippen MR) is 63.3 cm³/mol. The van der Waals surface area contributed by atoms with Crippen molar-refractivity contribution >= 4 is 11.5 Å². The van der Waals surface area contributed by atoms with E-state index in [1.54, 1.807) is 0 Å². The van der Waals surface area contributed by atoms with Crippen molar-refractivity contribution in [3.05, 3.63) is 27.8 Å². The van der Waals surface area contributed by atoms with Crippen molar-refractivity contribution in [1.29, 1.82) is 0 Å². The lowest BCUT2D eigenvalue weighted by Gasteiger charge is -2.09. The lowest BCUT2D eigenvalue weighted by Crippen LogP contribution is -2.05. The van der Waals surface area contributed by atoms with E-state index in [1.165, 1.54) is 26.4 Å². The zero-order valence-electron chi connectivity index (χ0n) is 10.1. The molecule has 1 aliphatic carbocycles. The average molecular weight is 251 g/mol. The van der Waals surface area contributed by atoms with E-state index in [9.17, 15) is 14.9 Å². The molecule has 1 aromatic rings. The summed E-state index contributed by atoms with van der Waals surface area (Å²) in [4.78, 5) is 22.3. The molecular formula is C12H13NO5. The Morgan fingerprint density at radius 2 is 2.00 bits per heavy atom. The third-order valence-corrected chi connectivity index (χ3v) is 2.89. The molecule has 2 rings (SSSR count). The molecule has 0 radical (unpaired) electrons. The van der Waals surface area contributed by atoms with E-state index in [0.29, 0.717) is 5.56 Å². The van der Waals surface area contributed by atoms with Crippen LogP contribution < -0.4 is 9.47 Å². The smallest absolute Gasteiger partial charge is 0.315 e. The SMILES string of the molecule is COc1cc(C(=O)C2CC2)cc([N+](=O)[O-])c1OC. The van der Waals surface area contributed by atoms with Crippen LogP contribution in [-0.4, -0.2) is 24.9 Å². The van der Waals surface area contributed by atoms with Gasteiger partial charge in [0, 0.05) is 17.5 Å². The summed E-state index contributed by atoms with van der Waals surface area (Å²) < 4.78 is 10.00. The van der Waals surface area contributed by atoms with E-state index in [1.807, 2.05) is 0 Å². The minimum absolute atomic E-state index is 0.00250. The van der Waals surface area contributed by atoms with Crippen molar-refractivity contribution in [1.82, 2.24) is 0 Å². The second-order valence-corrected chi connectivity index (χ2v) is 4.13. The summed E-state index contributed by atoms with van der Waals surface area (Å²) in [6.45, 7) is 0. The van der Waals surface area contributed by atoms with Crippen molar-refractivity contribution in [2.24, 2.45) is 5.92 Å². The first-order valence-corrected chi connectivity index (χ1v) is 5.53. The van der Waals surface area contributed by atoms with Gasteiger partial charge in [-0.2, -0.15) is 0 Å². The van der Waals surface area contributed by atoms with Gasteiger partial charge < -0.3 is 9.47 Å². The fourth-order valence-electron chi connectivity index (χ4n) is 1.80. The van der Waals surface area contributed by atoms with Crippen LogP contribution in [0.4, 0.5) is 5.69 Å². The Morgan fingerprint density at radius 1 is 1.33 bits per heavy atom. The second-order valence-electron chi connectivity index (χ2n) is 4.13. The quantitative estimate of drug-likeness (QED) is 0.455. The van der Waals surface area contributed by atoms with Gasteiger partial charge in [-0.25, -0.2) is 0 Å². The zero-order valence-corrected chi connectivity index (χ0v) is 10.1. The number of hydrogen-bond acceptors (Lipinski definition) is 5. The number of methoxy groups -OCH3 is 2. The maximum Gasteiger partial charge on any atom is 0.315 e. The van der Waals surface area contributed by atoms with Crippen LogP contribution in [0.5, 0.6) is 11.5 Å². The molecular weight excluding hydrogens is 238 g/mol. The average Bonchev–Trinajstić information content (AvgIpc) is 3.20. The van der Waals surface area contributed by atoms with Gasteiger partial charge >= 0.3 is 5.69 Å². The molecule has 6 nitrogen and oxygen atoms in total. The highest BCUT2D eigenvalue weighted by atomic mass is 16.6. The Hall–Kier alpha value is -2.11. The number of nitrogens with zero attached hydrogens (tertiary/aromatic N) is 1. The van der Waals surface area contributed by atoms with Gasteiger partial charge in [-0.15, -0.1) is 0 Å². The van der Waals surface area contributed by atoms with Gasteiger partial charge in [0.05, 0.1) is 19.1 Å². The van der Waals surface area contributed by atoms with Crippen LogP contribution in [0.3, 0.4) is 0 Å². The van der Waals surface area contributed by atoms with Crippen molar-refractivity contribution in [2.75, 3.05) is 14.2 Å². The van der Waals surface area contributed by atoms with Crippen molar-refractivity contribution < 1.29 is 19.2 Å². The molecule has 0 bridgehead atoms. The molecule has 0 aromatic heterocycles. The number of nitro benzene ring substituents is 1. The minimum atomic E-state index is -0.578. The third-order valence-electron chi connectivity index (χ3n) is 2.89. The first-order chi connectivity index (χ1) is 8.58. The standard InChI is InChI=1S/C12H13NO5/c1-17-10-6-8(11(14)7-3-4-7)5-9(13(15)16)12(10)18-2/h5-7H,3-4H2,1-2H3. The van der Waals surface area contributed by atoms with Crippen LogP contribution in [0.1, 0.15) is 23.2 Å². The van der Waals surface area contributed by atoms with E-state index in [4.69, 9.17) is 9.47 Å². The van der Waals surface area contributed by atoms with Crippen molar-refractivity contribution in [3.63, 3.8) is 0 Å². The van der Waals surface area contributed by atoms with Gasteiger partial charge in [0.25, 0.3) is 0 Å². The molecule has 1 aromatic carbocycles. The normalized spacial score (nSPS) is 14.1. The summed E-state index contributed by atoms with van der Waals surface area (Å²) in [6, 6.07) is 2.74. The van der Waals surface area contributed by atoms with Gasteiger partial charge in [-0.3, -0.25) is 14.9 Å². The molecule has 96 valence electrons. The van der Waals surface area contributed by atoms with Gasteiger partial charge in [-0.1, -0.05) is 0 Å². The number of ether oxygens (including phenoxy) is 2. The lowest BCUT2D eigenvalue weighted by atomic mass is 10.1. The first kappa shape index (κ1) is 12.3. The van der Waals surface area contributed by atoms with E-state index < -0.39 is 4.92 Å². The summed E-state index contributed by atoms with van der Waals surface area (Å²) in [5, 5.41) is 11.0. The highest BCUT2D eigenvalue weighted by molar-refractivity contribution is 6.00. The minimum Gasteiger partial charge on any atom is -0.493 e. The molecule has 0 heterocycles. The fraction of sp³-hybridized carbons (Fsp3) is 0.417. The zero-order chi connectivity index (χ0) is 13.3. The lowest BCUT2D eigenvalue weighted by molar-refractivity contribution is -0.385. The van der Waals surface area contributed by atoms with Crippen LogP contribution in [-0.2, 0) is 0 Å². The Kier molecular flexibility index (Phi) is 3.18. The van der Waals surface area contributed by atoms with Crippen molar-refractivity contribution in [2.45, 2.75) is 12.8 Å². The van der Waals surface area contributed by atoms with Crippen LogP contribution in [0, 0.1) is 16.0 Å². The van der Waals surface area contributed by atoms with Crippen LogP contribution in [0.25, 0.3) is 0 Å². The Labute approximate surface area is 104 Å². The molecule has 0 spiro atoms. The molecule has 0 saturated heterocycles. The highest BCUT2D eigenvalue weighted by Gasteiger charge is 2.33. The van der Waals surface area contributed by atoms with Crippen LogP contribution >= 0.6 is 0 Å². The Bertz CT molecular complexity index is 507. The highest BCUT2D eigenvalue weighted by Crippen LogP contribution is 2.40. The second kappa shape index (κ2) is 4.64. The number of hydrogen-bond donors (Lipinski definition) is 0. The Morgan fingerprint density at radius 3 is 2.44 bits per heavy atom. The van der Waals surface area contributed by atoms with E-state index in [0.717, 1.165) is 12.8 Å². The molecule has 18 heavy (non-hydrogen) atoms. The number of carbonyl (C=O) groups is 1. The van der Waals surface area contributed by atoms with Crippen LogP contribution in [0.15, 0.2) is 12.1 Å². The maximum absolute atomic E-state index is 11.9. The number of ketones is 1. The van der Waals surface area contributed by atoms with Gasteiger partial charge in [0.2, 0.25) is 5.75 Å². The van der Waals surface area contributed by atoms with Crippen molar-refractivity contribution in [3.8, 4) is 11.5 Å². The monoisotopic (exact) mass is 251 g/mol. The largest absolute Gasteiger partial charge is 0.493 e. The number of nitro groups is 1. The summed E-state index contributed by atoms with van der Waals surface area (Å²) in [6.07, 6.45) is 1.70. The Balaban J connectivity index is 2.52. The number of benzene rings is 1. The van der Waals surface area contributed by atoms with Gasteiger partial charge in [0.1, 0.15) is 0 Å². The topological polar surface area (TPSA) is 78.7 Å². The molecule has 0 amide bonds. The van der Waals surface area contributed by atoms with E-state index in [2.05, 4.69) is 0 Å². The molecule has 0 unspecified atom stereocenters. The molecule has 0 N–H and O–H groups in total. The molecule has 0 aliphatic heterocycles. The molecule has 0 atom stereocenters. The van der Waals surface area contributed by atoms with E-state index >= 15 is 0 Å². The van der Waals surface area contributed by atoms with E-state index in [-0.39, 0.29) is 28.9 Å². The fourth-order valence-corrected chi connectivity index (χ4v) is 1.80. The molecule has 6 heteroatoms. The first-order valence-electron chi connectivity index (χ1n) is 5.53.